The molecule has 3 nitrogen and oxygen atoms in total. The molecule has 0 radical (unpaired) electrons. The van der Waals surface area contributed by atoms with Crippen molar-refractivity contribution >= 4 is 5.97 Å². The molecule has 1 aliphatic rings. The van der Waals surface area contributed by atoms with Crippen molar-refractivity contribution in [3.05, 3.63) is 0 Å². The van der Waals surface area contributed by atoms with Crippen LogP contribution in [0.4, 0.5) is 0 Å². The number of hydrogen-bond donors (Lipinski definition) is 1. The number of carboxylic acids is 1. The number of hydrogen-bond acceptors (Lipinski definition) is 2. The maximum absolute atomic E-state index is 10.8. The Balaban J connectivity index is 2.65. The van der Waals surface area contributed by atoms with Crippen molar-refractivity contribution in [1.82, 2.24) is 4.90 Å². The van der Waals surface area contributed by atoms with E-state index in [4.69, 9.17) is 5.11 Å². The average molecular weight is 213 g/mol. The van der Waals surface area contributed by atoms with Gasteiger partial charge in [0.25, 0.3) is 0 Å². The minimum Gasteiger partial charge on any atom is -0.481 e. The zero-order valence-corrected chi connectivity index (χ0v) is 10.1. The molecule has 0 aromatic carbocycles. The molecule has 0 bridgehead atoms. The van der Waals surface area contributed by atoms with Crippen molar-refractivity contribution in [2.75, 3.05) is 6.54 Å². The minimum atomic E-state index is -0.655. The van der Waals surface area contributed by atoms with Crippen LogP contribution in [0.25, 0.3) is 0 Å². The summed E-state index contributed by atoms with van der Waals surface area (Å²) < 4.78 is 0. The molecule has 1 heterocycles. The Labute approximate surface area is 92.5 Å². The number of carbonyl (C=O) groups is 1. The molecule has 1 rings (SSSR count). The van der Waals surface area contributed by atoms with Gasteiger partial charge in [0.2, 0.25) is 0 Å². The van der Waals surface area contributed by atoms with Crippen molar-refractivity contribution in [3.63, 3.8) is 0 Å². The summed E-state index contributed by atoms with van der Waals surface area (Å²) in [4.78, 5) is 13.2. The van der Waals surface area contributed by atoms with Crippen LogP contribution >= 0.6 is 0 Å². The van der Waals surface area contributed by atoms with Crippen LogP contribution in [0.3, 0.4) is 0 Å². The molecule has 15 heavy (non-hydrogen) atoms. The van der Waals surface area contributed by atoms with Crippen LogP contribution in [-0.2, 0) is 4.79 Å². The fourth-order valence-electron chi connectivity index (χ4n) is 2.64. The highest BCUT2D eigenvalue weighted by Crippen LogP contribution is 2.26. The third-order valence-electron chi connectivity index (χ3n) is 3.55. The fraction of sp³-hybridized carbons (Fsp3) is 0.917. The molecule has 1 N–H and O–H groups in total. The van der Waals surface area contributed by atoms with Crippen LogP contribution in [0.2, 0.25) is 0 Å². The van der Waals surface area contributed by atoms with Crippen LogP contribution in [0.15, 0.2) is 0 Å². The predicted octanol–water partition coefficient (Wildman–Crippen LogP) is 2.36. The zero-order chi connectivity index (χ0) is 11.4. The van der Waals surface area contributed by atoms with Gasteiger partial charge in [-0.25, -0.2) is 0 Å². The lowest BCUT2D eigenvalue weighted by Crippen LogP contribution is -2.42. The van der Waals surface area contributed by atoms with Crippen molar-refractivity contribution in [2.24, 2.45) is 5.92 Å². The molecule has 0 aromatic rings. The molecule has 3 heteroatoms. The second-order valence-electron chi connectivity index (χ2n) is 4.93. The van der Waals surface area contributed by atoms with Gasteiger partial charge in [0.05, 0.1) is 0 Å². The van der Waals surface area contributed by atoms with E-state index < -0.39 is 5.97 Å². The van der Waals surface area contributed by atoms with Gasteiger partial charge in [0.15, 0.2) is 0 Å². The molecule has 0 spiro atoms. The maximum Gasteiger partial charge on any atom is 0.303 e. The van der Waals surface area contributed by atoms with Gasteiger partial charge in [0, 0.05) is 18.5 Å². The van der Waals surface area contributed by atoms with Gasteiger partial charge in [-0.05, 0) is 46.1 Å². The fourth-order valence-corrected chi connectivity index (χ4v) is 2.64. The zero-order valence-electron chi connectivity index (χ0n) is 10.1. The number of nitrogens with zero attached hydrogens (tertiary/aromatic N) is 1. The van der Waals surface area contributed by atoms with Gasteiger partial charge < -0.3 is 5.11 Å². The average Bonchev–Trinajstić information content (AvgIpc) is 2.29. The van der Waals surface area contributed by atoms with Crippen LogP contribution in [0.5, 0.6) is 0 Å². The maximum atomic E-state index is 10.8. The predicted molar refractivity (Wildman–Crippen MR) is 60.9 cm³/mol. The third kappa shape index (κ3) is 3.49. The summed E-state index contributed by atoms with van der Waals surface area (Å²) in [5, 5.41) is 8.88. The topological polar surface area (TPSA) is 40.5 Å². The summed E-state index contributed by atoms with van der Waals surface area (Å²) in [7, 11) is 0. The van der Waals surface area contributed by atoms with Crippen LogP contribution < -0.4 is 0 Å². The molecular weight excluding hydrogens is 190 g/mol. The lowest BCUT2D eigenvalue weighted by Gasteiger charge is -2.34. The van der Waals surface area contributed by atoms with Gasteiger partial charge in [-0.3, -0.25) is 9.69 Å². The van der Waals surface area contributed by atoms with E-state index in [1.807, 2.05) is 0 Å². The molecule has 1 aliphatic heterocycles. The summed E-state index contributed by atoms with van der Waals surface area (Å²) in [6.45, 7) is 7.69. The summed E-state index contributed by atoms with van der Waals surface area (Å²) in [5.74, 6) is -0.329. The summed E-state index contributed by atoms with van der Waals surface area (Å²) >= 11 is 0. The lowest BCUT2D eigenvalue weighted by molar-refractivity contribution is -0.138. The van der Waals surface area contributed by atoms with Crippen molar-refractivity contribution in [1.29, 1.82) is 0 Å². The summed E-state index contributed by atoms with van der Waals surface area (Å²) in [6, 6.07) is 0.929. The van der Waals surface area contributed by atoms with Crippen LogP contribution in [0, 0.1) is 5.92 Å². The Morgan fingerprint density at radius 1 is 1.47 bits per heavy atom. The first-order valence-electron chi connectivity index (χ1n) is 6.00. The standard InChI is InChI=1S/C12H23NO2/c1-9(2)13-7-5-4-6-11(10(13)3)8-12(14)15/h9-11H,4-8H2,1-3H3,(H,14,15)/t10-,11-/m0/s1. The monoisotopic (exact) mass is 213 g/mol. The molecule has 0 saturated carbocycles. The highest BCUT2D eigenvalue weighted by molar-refractivity contribution is 5.67. The van der Waals surface area contributed by atoms with Gasteiger partial charge in [-0.15, -0.1) is 0 Å². The SMILES string of the molecule is CC(C)N1CCCC[C@@H](CC(=O)O)[C@@H]1C. The summed E-state index contributed by atoms with van der Waals surface area (Å²) in [5.41, 5.74) is 0. The van der Waals surface area contributed by atoms with E-state index in [9.17, 15) is 4.79 Å². The minimum absolute atomic E-state index is 0.324. The van der Waals surface area contributed by atoms with E-state index in [-0.39, 0.29) is 0 Å². The number of likely N-dealkylation sites (tertiary alicyclic amines) is 1. The van der Waals surface area contributed by atoms with Crippen LogP contribution in [0.1, 0.15) is 46.5 Å². The molecule has 0 aromatic heterocycles. The van der Waals surface area contributed by atoms with Gasteiger partial charge in [0.1, 0.15) is 0 Å². The summed E-state index contributed by atoms with van der Waals surface area (Å²) in [6.07, 6.45) is 3.77. The highest BCUT2D eigenvalue weighted by Gasteiger charge is 2.28. The lowest BCUT2D eigenvalue weighted by atomic mass is 9.92. The highest BCUT2D eigenvalue weighted by atomic mass is 16.4. The normalized spacial score (nSPS) is 29.1. The molecule has 1 fully saturated rings. The van der Waals surface area contributed by atoms with E-state index in [1.54, 1.807) is 0 Å². The van der Waals surface area contributed by atoms with Crippen LogP contribution in [-0.4, -0.2) is 34.6 Å². The Morgan fingerprint density at radius 2 is 2.13 bits per heavy atom. The van der Waals surface area contributed by atoms with Gasteiger partial charge in [-0.1, -0.05) is 6.42 Å². The first-order chi connectivity index (χ1) is 7.02. The Hall–Kier alpha value is -0.570. The number of rotatable bonds is 3. The molecule has 88 valence electrons. The molecule has 1 saturated heterocycles. The Bertz CT molecular complexity index is 216. The number of carboxylic acid groups (broad SMARTS) is 1. The second kappa shape index (κ2) is 5.50. The van der Waals surface area contributed by atoms with E-state index >= 15 is 0 Å². The largest absolute Gasteiger partial charge is 0.481 e. The quantitative estimate of drug-likeness (QED) is 0.782. The third-order valence-corrected chi connectivity index (χ3v) is 3.55. The van der Waals surface area contributed by atoms with Crippen molar-refractivity contribution in [2.45, 2.75) is 58.5 Å². The molecule has 0 aliphatic carbocycles. The molecule has 0 amide bonds. The van der Waals surface area contributed by atoms with E-state index in [2.05, 4.69) is 25.7 Å². The van der Waals surface area contributed by atoms with Crippen molar-refractivity contribution in [3.8, 4) is 0 Å². The first-order valence-corrected chi connectivity index (χ1v) is 6.00. The molecule has 0 unspecified atom stereocenters. The smallest absolute Gasteiger partial charge is 0.303 e. The first kappa shape index (κ1) is 12.5. The molecular formula is C12H23NO2. The van der Waals surface area contributed by atoms with Crippen molar-refractivity contribution < 1.29 is 9.90 Å². The van der Waals surface area contributed by atoms with Gasteiger partial charge >= 0.3 is 5.97 Å². The Kier molecular flexibility index (Phi) is 4.58. The Morgan fingerprint density at radius 3 is 2.67 bits per heavy atom. The second-order valence-corrected chi connectivity index (χ2v) is 4.93. The van der Waals surface area contributed by atoms with E-state index in [1.165, 1.54) is 12.8 Å². The van der Waals surface area contributed by atoms with E-state index in [0.717, 1.165) is 13.0 Å². The number of aliphatic carboxylic acids is 1. The van der Waals surface area contributed by atoms with Gasteiger partial charge in [-0.2, -0.15) is 0 Å². The molecule has 2 atom stereocenters. The van der Waals surface area contributed by atoms with E-state index in [0.29, 0.717) is 24.4 Å².